The van der Waals surface area contributed by atoms with Gasteiger partial charge >= 0.3 is 6.03 Å². The number of amides is 2. The van der Waals surface area contributed by atoms with Crippen LogP contribution in [0.3, 0.4) is 0 Å². The van der Waals surface area contributed by atoms with Crippen LogP contribution in [0.2, 0.25) is 5.15 Å². The number of urea groups is 1. The molecule has 0 aromatic carbocycles. The Labute approximate surface area is 130 Å². The van der Waals surface area contributed by atoms with E-state index in [4.69, 9.17) is 11.6 Å². The quantitative estimate of drug-likeness (QED) is 0.731. The van der Waals surface area contributed by atoms with Crippen molar-refractivity contribution in [2.75, 3.05) is 18.5 Å². The Kier molecular flexibility index (Phi) is 5.82. The number of carbonyl (C=O) groups excluding carboxylic acids is 1. The number of carbonyl (C=O) groups is 1. The van der Waals surface area contributed by atoms with Crippen molar-refractivity contribution in [3.63, 3.8) is 0 Å². The maximum atomic E-state index is 12.0. The summed E-state index contributed by atoms with van der Waals surface area (Å²) in [6.45, 7) is 0.765. The zero-order valence-electron chi connectivity index (χ0n) is 12.1. The van der Waals surface area contributed by atoms with E-state index in [0.29, 0.717) is 17.4 Å². The van der Waals surface area contributed by atoms with Crippen molar-refractivity contribution in [1.29, 1.82) is 0 Å². The van der Waals surface area contributed by atoms with Gasteiger partial charge in [0.1, 0.15) is 5.15 Å². The van der Waals surface area contributed by atoms with Crippen LogP contribution in [0, 0.1) is 5.41 Å². The first-order valence-corrected chi connectivity index (χ1v) is 7.79. The number of aliphatic hydroxyl groups excluding tert-OH is 1. The van der Waals surface area contributed by atoms with E-state index >= 15 is 0 Å². The smallest absolute Gasteiger partial charge is 0.319 e. The van der Waals surface area contributed by atoms with E-state index in [1.165, 1.54) is 19.3 Å². The number of aliphatic hydroxyl groups is 1. The molecule has 21 heavy (non-hydrogen) atoms. The molecular weight excluding hydrogens is 290 g/mol. The summed E-state index contributed by atoms with van der Waals surface area (Å²) in [5, 5.41) is 15.3. The van der Waals surface area contributed by atoms with Crippen molar-refractivity contribution < 1.29 is 9.90 Å². The molecule has 1 aliphatic rings. The fourth-order valence-electron chi connectivity index (χ4n) is 2.98. The average molecular weight is 312 g/mol. The van der Waals surface area contributed by atoms with Crippen LogP contribution in [0.25, 0.3) is 0 Å². The molecule has 0 radical (unpaired) electrons. The highest BCUT2D eigenvalue weighted by Gasteiger charge is 2.31. The standard InChI is InChI=1S/C15H22ClN3O2/c16-13-10-12(4-8-17-13)19-14(21)18-11-15(7-9-20)5-2-1-3-6-15/h4,8,10,20H,1-3,5-7,9,11H2,(H2,17,18,19,21). The Hall–Kier alpha value is -1.33. The second-order valence-corrected chi connectivity index (χ2v) is 6.10. The summed E-state index contributed by atoms with van der Waals surface area (Å²) in [5.74, 6) is 0. The highest BCUT2D eigenvalue weighted by Crippen LogP contribution is 2.38. The molecule has 0 spiro atoms. The molecule has 5 nitrogen and oxygen atoms in total. The van der Waals surface area contributed by atoms with Gasteiger partial charge < -0.3 is 15.7 Å². The van der Waals surface area contributed by atoms with Crippen molar-refractivity contribution in [3.8, 4) is 0 Å². The predicted molar refractivity (Wildman–Crippen MR) is 83.5 cm³/mol. The Balaban J connectivity index is 1.87. The molecule has 1 fully saturated rings. The van der Waals surface area contributed by atoms with Crippen molar-refractivity contribution in [2.24, 2.45) is 5.41 Å². The van der Waals surface area contributed by atoms with Gasteiger partial charge in [-0.2, -0.15) is 0 Å². The summed E-state index contributed by atoms with van der Waals surface area (Å²) in [5.41, 5.74) is 0.660. The van der Waals surface area contributed by atoms with E-state index in [9.17, 15) is 9.90 Å². The van der Waals surface area contributed by atoms with Gasteiger partial charge in [0.2, 0.25) is 0 Å². The van der Waals surface area contributed by atoms with Crippen molar-refractivity contribution in [3.05, 3.63) is 23.5 Å². The molecular formula is C15H22ClN3O2. The lowest BCUT2D eigenvalue weighted by Crippen LogP contribution is -2.41. The summed E-state index contributed by atoms with van der Waals surface area (Å²) in [6.07, 6.45) is 8.01. The lowest BCUT2D eigenvalue weighted by atomic mass is 9.72. The molecule has 0 atom stereocenters. The van der Waals surface area contributed by atoms with Gasteiger partial charge in [-0.25, -0.2) is 9.78 Å². The van der Waals surface area contributed by atoms with Crippen LogP contribution in [0.5, 0.6) is 0 Å². The van der Waals surface area contributed by atoms with E-state index in [1.54, 1.807) is 18.3 Å². The molecule has 2 amide bonds. The first-order valence-electron chi connectivity index (χ1n) is 7.41. The lowest BCUT2D eigenvalue weighted by Gasteiger charge is -2.37. The van der Waals surface area contributed by atoms with E-state index in [0.717, 1.165) is 19.3 Å². The number of hydrogen-bond acceptors (Lipinski definition) is 3. The van der Waals surface area contributed by atoms with Gasteiger partial charge in [0.25, 0.3) is 0 Å². The Bertz CT molecular complexity index is 470. The molecule has 1 aromatic rings. The maximum absolute atomic E-state index is 12.0. The Morgan fingerprint density at radius 3 is 2.81 bits per heavy atom. The summed E-state index contributed by atoms with van der Waals surface area (Å²) in [6, 6.07) is 3.04. The van der Waals surface area contributed by atoms with E-state index in [2.05, 4.69) is 15.6 Å². The number of hydrogen-bond donors (Lipinski definition) is 3. The number of anilines is 1. The number of halogens is 1. The van der Waals surface area contributed by atoms with Crippen molar-refractivity contribution in [2.45, 2.75) is 38.5 Å². The minimum Gasteiger partial charge on any atom is -0.396 e. The second kappa shape index (κ2) is 7.61. The Morgan fingerprint density at radius 2 is 2.14 bits per heavy atom. The molecule has 0 saturated heterocycles. The van der Waals surface area contributed by atoms with Crippen LogP contribution >= 0.6 is 11.6 Å². The fourth-order valence-corrected chi connectivity index (χ4v) is 3.15. The number of nitrogens with one attached hydrogen (secondary N) is 2. The molecule has 2 rings (SSSR count). The topological polar surface area (TPSA) is 74.2 Å². The van der Waals surface area contributed by atoms with Crippen LogP contribution < -0.4 is 10.6 Å². The van der Waals surface area contributed by atoms with Gasteiger partial charge in [0, 0.05) is 25.0 Å². The molecule has 1 aliphatic carbocycles. The second-order valence-electron chi connectivity index (χ2n) is 5.71. The van der Waals surface area contributed by atoms with Gasteiger partial charge in [0.15, 0.2) is 0 Å². The minimum absolute atomic E-state index is 0.0419. The van der Waals surface area contributed by atoms with Gasteiger partial charge in [-0.05, 0) is 36.8 Å². The molecule has 1 heterocycles. The highest BCUT2D eigenvalue weighted by molar-refractivity contribution is 6.29. The molecule has 6 heteroatoms. The Morgan fingerprint density at radius 1 is 1.38 bits per heavy atom. The summed E-state index contributed by atoms with van der Waals surface area (Å²) >= 11 is 5.78. The van der Waals surface area contributed by atoms with Gasteiger partial charge in [-0.1, -0.05) is 30.9 Å². The molecule has 1 aromatic heterocycles. The molecule has 116 valence electrons. The third-order valence-electron chi connectivity index (χ3n) is 4.16. The average Bonchev–Trinajstić information content (AvgIpc) is 2.47. The number of rotatable bonds is 5. The van der Waals surface area contributed by atoms with Crippen molar-refractivity contribution in [1.82, 2.24) is 10.3 Å². The predicted octanol–water partition coefficient (Wildman–Crippen LogP) is 3.19. The third-order valence-corrected chi connectivity index (χ3v) is 4.37. The van der Waals surface area contributed by atoms with Gasteiger partial charge in [-0.3, -0.25) is 0 Å². The molecule has 1 saturated carbocycles. The van der Waals surface area contributed by atoms with Crippen LogP contribution in [0.15, 0.2) is 18.3 Å². The van der Waals surface area contributed by atoms with Crippen LogP contribution in [-0.2, 0) is 0 Å². The first-order chi connectivity index (χ1) is 10.1. The molecule has 0 aliphatic heterocycles. The highest BCUT2D eigenvalue weighted by atomic mass is 35.5. The SMILES string of the molecule is O=C(NCC1(CCO)CCCCC1)Nc1ccnc(Cl)c1. The van der Waals surface area contributed by atoms with Crippen LogP contribution in [0.4, 0.5) is 10.5 Å². The summed E-state index contributed by atoms with van der Waals surface area (Å²) < 4.78 is 0. The van der Waals surface area contributed by atoms with Gasteiger partial charge in [0.05, 0.1) is 0 Å². The third kappa shape index (κ3) is 4.86. The molecule has 0 bridgehead atoms. The first kappa shape index (κ1) is 16.0. The molecule has 0 unspecified atom stereocenters. The zero-order valence-corrected chi connectivity index (χ0v) is 12.8. The number of pyridine rings is 1. The monoisotopic (exact) mass is 311 g/mol. The lowest BCUT2D eigenvalue weighted by molar-refractivity contribution is 0.128. The maximum Gasteiger partial charge on any atom is 0.319 e. The van der Waals surface area contributed by atoms with E-state index in [1.807, 2.05) is 0 Å². The number of nitrogens with zero attached hydrogens (tertiary/aromatic N) is 1. The largest absolute Gasteiger partial charge is 0.396 e. The van der Waals surface area contributed by atoms with Crippen LogP contribution in [-0.4, -0.2) is 29.3 Å². The molecule has 3 N–H and O–H groups in total. The normalized spacial score (nSPS) is 17.2. The summed E-state index contributed by atoms with van der Waals surface area (Å²) in [7, 11) is 0. The van der Waals surface area contributed by atoms with E-state index < -0.39 is 0 Å². The zero-order chi connectivity index (χ0) is 15.1. The van der Waals surface area contributed by atoms with E-state index in [-0.39, 0.29) is 18.1 Å². The fraction of sp³-hybridized carbons (Fsp3) is 0.600. The van der Waals surface area contributed by atoms with Crippen LogP contribution in [0.1, 0.15) is 38.5 Å². The van der Waals surface area contributed by atoms with Gasteiger partial charge in [-0.15, -0.1) is 0 Å². The summed E-state index contributed by atoms with van der Waals surface area (Å²) in [4.78, 5) is 15.8. The van der Waals surface area contributed by atoms with Crippen molar-refractivity contribution >= 4 is 23.3 Å². The minimum atomic E-state index is -0.250. The number of aromatic nitrogens is 1.